The summed E-state index contributed by atoms with van der Waals surface area (Å²) in [7, 11) is 3.55. The summed E-state index contributed by atoms with van der Waals surface area (Å²) in [4.78, 5) is 13.5. The second-order valence-corrected chi connectivity index (χ2v) is 4.01. The Morgan fingerprint density at radius 2 is 2.19 bits per heavy atom. The van der Waals surface area contributed by atoms with Crippen molar-refractivity contribution in [1.82, 2.24) is 15.4 Å². The van der Waals surface area contributed by atoms with Crippen molar-refractivity contribution in [2.24, 2.45) is 0 Å². The van der Waals surface area contributed by atoms with E-state index >= 15 is 0 Å². The summed E-state index contributed by atoms with van der Waals surface area (Å²) in [6, 6.07) is -0.175. The van der Waals surface area contributed by atoms with Gasteiger partial charge in [0.15, 0.2) is 0 Å². The monoisotopic (exact) mass is 225 g/mol. The smallest absolute Gasteiger partial charge is 0.239 e. The number of likely N-dealkylation sites (N-methyl/N-ethyl adjacent to an activating group) is 2. The molecule has 90 valence electrons. The summed E-state index contributed by atoms with van der Waals surface area (Å²) in [6.07, 6.45) is 0. The Morgan fingerprint density at radius 3 is 2.62 bits per heavy atom. The summed E-state index contributed by atoms with van der Waals surface area (Å²) in [5.74, 6) is 0.830. The quantitative estimate of drug-likeness (QED) is 0.825. The van der Waals surface area contributed by atoms with Gasteiger partial charge in [-0.3, -0.25) is 4.79 Å². The summed E-state index contributed by atoms with van der Waals surface area (Å²) in [5.41, 5.74) is 1.83. The normalized spacial score (nSPS) is 12.6. The molecule has 1 rings (SSSR count). The molecule has 0 aliphatic carbocycles. The van der Waals surface area contributed by atoms with E-state index in [1.54, 1.807) is 19.0 Å². The topological polar surface area (TPSA) is 58.4 Å². The molecule has 0 aliphatic rings. The number of carbonyl (C=O) groups excluding carboxylic acids is 1. The minimum atomic E-state index is -0.175. The molecule has 1 amide bonds. The van der Waals surface area contributed by atoms with Gasteiger partial charge in [0.05, 0.1) is 18.3 Å². The lowest BCUT2D eigenvalue weighted by molar-refractivity contribution is -0.132. The number of hydrogen-bond acceptors (Lipinski definition) is 4. The van der Waals surface area contributed by atoms with Crippen LogP contribution in [0, 0.1) is 13.8 Å². The highest BCUT2D eigenvalue weighted by atomic mass is 16.5. The molecule has 16 heavy (non-hydrogen) atoms. The molecule has 0 radical (unpaired) electrons. The van der Waals surface area contributed by atoms with E-state index in [4.69, 9.17) is 4.52 Å². The predicted molar refractivity (Wildman–Crippen MR) is 61.0 cm³/mol. The molecular formula is C11H19N3O2. The molecule has 0 saturated heterocycles. The number of nitrogens with zero attached hydrogens (tertiary/aromatic N) is 2. The summed E-state index contributed by atoms with van der Waals surface area (Å²) in [5, 5.41) is 6.79. The van der Waals surface area contributed by atoms with Gasteiger partial charge in [-0.1, -0.05) is 5.16 Å². The van der Waals surface area contributed by atoms with E-state index in [-0.39, 0.29) is 11.9 Å². The average Bonchev–Trinajstić information content (AvgIpc) is 2.58. The molecule has 0 aromatic carbocycles. The fourth-order valence-electron chi connectivity index (χ4n) is 1.50. The van der Waals surface area contributed by atoms with Crippen LogP contribution in [0.1, 0.15) is 23.9 Å². The summed E-state index contributed by atoms with van der Waals surface area (Å²) in [6.45, 7) is 6.11. The van der Waals surface area contributed by atoms with Gasteiger partial charge in [-0.25, -0.2) is 0 Å². The maximum atomic E-state index is 11.8. The zero-order valence-corrected chi connectivity index (χ0v) is 10.5. The van der Waals surface area contributed by atoms with Gasteiger partial charge in [0.1, 0.15) is 5.76 Å². The molecule has 0 spiro atoms. The summed E-state index contributed by atoms with van der Waals surface area (Å²) < 4.78 is 5.06. The van der Waals surface area contributed by atoms with Crippen LogP contribution in [0.2, 0.25) is 0 Å². The van der Waals surface area contributed by atoms with Crippen molar-refractivity contribution in [2.45, 2.75) is 33.4 Å². The van der Waals surface area contributed by atoms with Crippen LogP contribution in [0.3, 0.4) is 0 Å². The fraction of sp³-hybridized carbons (Fsp3) is 0.636. The molecule has 1 N–H and O–H groups in total. The molecule has 5 heteroatoms. The van der Waals surface area contributed by atoms with Crippen LogP contribution in [0.15, 0.2) is 4.52 Å². The van der Waals surface area contributed by atoms with Gasteiger partial charge in [0.25, 0.3) is 0 Å². The van der Waals surface area contributed by atoms with Gasteiger partial charge in [0, 0.05) is 12.6 Å². The Kier molecular flexibility index (Phi) is 4.06. The van der Waals surface area contributed by atoms with Crippen molar-refractivity contribution in [3.63, 3.8) is 0 Å². The highest BCUT2D eigenvalue weighted by Gasteiger charge is 2.18. The molecule has 0 bridgehead atoms. The van der Waals surface area contributed by atoms with Crippen molar-refractivity contribution in [3.8, 4) is 0 Å². The number of aromatic nitrogens is 1. The van der Waals surface area contributed by atoms with Gasteiger partial charge in [-0.2, -0.15) is 0 Å². The van der Waals surface area contributed by atoms with Gasteiger partial charge in [-0.05, 0) is 27.8 Å². The van der Waals surface area contributed by atoms with E-state index in [2.05, 4.69) is 10.5 Å². The second kappa shape index (κ2) is 5.12. The molecule has 5 nitrogen and oxygen atoms in total. The van der Waals surface area contributed by atoms with Crippen molar-refractivity contribution < 1.29 is 9.32 Å². The number of hydrogen-bond donors (Lipinski definition) is 1. The minimum absolute atomic E-state index is 0.0579. The lowest BCUT2D eigenvalue weighted by Gasteiger charge is -2.20. The molecule has 0 aliphatic heterocycles. The first-order chi connectivity index (χ1) is 7.47. The zero-order chi connectivity index (χ0) is 12.3. The highest BCUT2D eigenvalue weighted by Crippen LogP contribution is 2.14. The maximum Gasteiger partial charge on any atom is 0.239 e. The first kappa shape index (κ1) is 12.7. The number of amides is 1. The Bertz CT molecular complexity index is 354. The predicted octanol–water partition coefficient (Wildman–Crippen LogP) is 0.858. The van der Waals surface area contributed by atoms with Crippen LogP contribution in [0.5, 0.6) is 0 Å². The SMILES string of the molecule is CNC(C)C(=O)N(C)Cc1c(C)noc1C. The van der Waals surface area contributed by atoms with E-state index in [9.17, 15) is 4.79 Å². The van der Waals surface area contributed by atoms with E-state index in [1.165, 1.54) is 0 Å². The van der Waals surface area contributed by atoms with Gasteiger partial charge in [-0.15, -0.1) is 0 Å². The fourth-order valence-corrected chi connectivity index (χ4v) is 1.50. The lowest BCUT2D eigenvalue weighted by Crippen LogP contribution is -2.41. The van der Waals surface area contributed by atoms with Gasteiger partial charge < -0.3 is 14.7 Å². The van der Waals surface area contributed by atoms with E-state index in [0.717, 1.165) is 17.0 Å². The second-order valence-electron chi connectivity index (χ2n) is 4.01. The zero-order valence-electron chi connectivity index (χ0n) is 10.5. The molecule has 1 aromatic heterocycles. The third-order valence-corrected chi connectivity index (χ3v) is 2.76. The highest BCUT2D eigenvalue weighted by molar-refractivity contribution is 5.81. The van der Waals surface area contributed by atoms with Gasteiger partial charge in [0.2, 0.25) is 5.91 Å². The molecule has 0 fully saturated rings. The van der Waals surface area contributed by atoms with E-state index < -0.39 is 0 Å². The van der Waals surface area contributed by atoms with Crippen LogP contribution < -0.4 is 5.32 Å². The molecule has 0 saturated carbocycles. The number of rotatable bonds is 4. The molecule has 1 atom stereocenters. The van der Waals surface area contributed by atoms with Crippen LogP contribution in [-0.4, -0.2) is 36.1 Å². The molecule has 1 heterocycles. The average molecular weight is 225 g/mol. The first-order valence-electron chi connectivity index (χ1n) is 5.31. The maximum absolute atomic E-state index is 11.8. The number of nitrogens with one attached hydrogen (secondary N) is 1. The van der Waals surface area contributed by atoms with E-state index in [0.29, 0.717) is 6.54 Å². The number of aryl methyl sites for hydroxylation is 2. The van der Waals surface area contributed by atoms with Gasteiger partial charge >= 0.3 is 0 Å². The van der Waals surface area contributed by atoms with Crippen LogP contribution in [0.25, 0.3) is 0 Å². The summed E-state index contributed by atoms with van der Waals surface area (Å²) >= 11 is 0. The molecule has 1 aromatic rings. The number of carbonyl (C=O) groups is 1. The largest absolute Gasteiger partial charge is 0.361 e. The Labute approximate surface area is 95.8 Å². The minimum Gasteiger partial charge on any atom is -0.361 e. The Hall–Kier alpha value is -1.36. The van der Waals surface area contributed by atoms with Crippen molar-refractivity contribution in [2.75, 3.05) is 14.1 Å². The first-order valence-corrected chi connectivity index (χ1v) is 5.31. The third-order valence-electron chi connectivity index (χ3n) is 2.76. The van der Waals surface area contributed by atoms with Crippen LogP contribution in [0.4, 0.5) is 0 Å². The van der Waals surface area contributed by atoms with Crippen molar-refractivity contribution in [1.29, 1.82) is 0 Å². The lowest BCUT2D eigenvalue weighted by atomic mass is 10.2. The molecular weight excluding hydrogens is 206 g/mol. The van der Waals surface area contributed by atoms with Crippen LogP contribution >= 0.6 is 0 Å². The third kappa shape index (κ3) is 2.61. The van der Waals surface area contributed by atoms with Crippen LogP contribution in [-0.2, 0) is 11.3 Å². The standard InChI is InChI=1S/C11H19N3O2/c1-7-10(9(3)16-13-7)6-14(5)11(15)8(2)12-4/h8,12H,6H2,1-5H3. The Morgan fingerprint density at radius 1 is 1.56 bits per heavy atom. The Balaban J connectivity index is 2.71. The van der Waals surface area contributed by atoms with E-state index in [1.807, 2.05) is 20.8 Å². The molecule has 1 unspecified atom stereocenters. The van der Waals surface area contributed by atoms with Crippen molar-refractivity contribution in [3.05, 3.63) is 17.0 Å². The van der Waals surface area contributed by atoms with Crippen molar-refractivity contribution >= 4 is 5.91 Å².